The molecule has 0 unspecified atom stereocenters. The number of nitrogens with two attached hydrogens (primary N) is 1. The van der Waals surface area contributed by atoms with Crippen molar-refractivity contribution in [2.24, 2.45) is 0 Å². The molecule has 0 bridgehead atoms. The van der Waals surface area contributed by atoms with Gasteiger partial charge in [-0.25, -0.2) is 0 Å². The van der Waals surface area contributed by atoms with Crippen LogP contribution >= 0.6 is 0 Å². The summed E-state index contributed by atoms with van der Waals surface area (Å²) in [6, 6.07) is 11.7. The first-order valence-electron chi connectivity index (χ1n) is 5.99. The Hall–Kier alpha value is -2.68. The lowest BCUT2D eigenvalue weighted by Gasteiger charge is -2.12. The zero-order chi connectivity index (χ0) is 15.5. The molecule has 2 N–H and O–H groups in total. The molecule has 2 aromatic carbocycles. The minimum atomic E-state index is -4.44. The number of nitrogens with zero attached hydrogens (tertiary/aromatic N) is 1. The summed E-state index contributed by atoms with van der Waals surface area (Å²) in [5.41, 5.74) is 5.72. The maximum Gasteiger partial charge on any atom is 0.416 e. The second-order valence-electron chi connectivity index (χ2n) is 4.31. The van der Waals surface area contributed by atoms with E-state index in [1.807, 2.05) is 6.07 Å². The van der Waals surface area contributed by atoms with E-state index in [0.717, 1.165) is 12.1 Å². The van der Waals surface area contributed by atoms with Crippen LogP contribution in [-0.4, -0.2) is 0 Å². The van der Waals surface area contributed by atoms with Crippen LogP contribution in [0.25, 0.3) is 0 Å². The van der Waals surface area contributed by atoms with Crippen molar-refractivity contribution in [3.8, 4) is 11.8 Å². The van der Waals surface area contributed by atoms with Crippen LogP contribution in [0.4, 0.5) is 18.9 Å². The van der Waals surface area contributed by atoms with E-state index >= 15 is 0 Å². The lowest BCUT2D eigenvalue weighted by molar-refractivity contribution is -0.137. The summed E-state index contributed by atoms with van der Waals surface area (Å²) in [7, 11) is 0. The topological polar surface area (TPSA) is 59.0 Å². The number of halogens is 3. The van der Waals surface area contributed by atoms with Gasteiger partial charge in [-0.15, -0.1) is 0 Å². The molecule has 0 saturated carbocycles. The standard InChI is InChI=1S/C15H11F3N2O/c16-15(17,18)12-5-6-14(13(20)7-12)21-9-11-4-2-1-3-10(11)8-19/h1-7H,9,20H2. The molecule has 0 saturated heterocycles. The van der Waals surface area contributed by atoms with Crippen LogP contribution in [-0.2, 0) is 12.8 Å². The van der Waals surface area contributed by atoms with Crippen molar-refractivity contribution in [1.29, 1.82) is 5.26 Å². The molecule has 6 heteroatoms. The minimum absolute atomic E-state index is 0.0549. The van der Waals surface area contributed by atoms with E-state index < -0.39 is 11.7 Å². The molecule has 108 valence electrons. The highest BCUT2D eigenvalue weighted by Crippen LogP contribution is 2.33. The number of hydrogen-bond donors (Lipinski definition) is 1. The van der Waals surface area contributed by atoms with E-state index in [-0.39, 0.29) is 18.0 Å². The first-order chi connectivity index (χ1) is 9.91. The molecule has 0 atom stereocenters. The molecule has 0 radical (unpaired) electrons. The van der Waals surface area contributed by atoms with Crippen LogP contribution in [0.15, 0.2) is 42.5 Å². The fourth-order valence-corrected chi connectivity index (χ4v) is 1.77. The van der Waals surface area contributed by atoms with Crippen LogP contribution in [0.2, 0.25) is 0 Å². The summed E-state index contributed by atoms with van der Waals surface area (Å²) in [5, 5.41) is 8.94. The van der Waals surface area contributed by atoms with E-state index in [1.165, 1.54) is 6.07 Å². The minimum Gasteiger partial charge on any atom is -0.487 e. The summed E-state index contributed by atoms with van der Waals surface area (Å²) in [6.45, 7) is 0.0549. The third-order valence-corrected chi connectivity index (χ3v) is 2.86. The number of hydrogen-bond acceptors (Lipinski definition) is 3. The molecule has 0 heterocycles. The number of nitrogen functional groups attached to an aromatic ring is 1. The fourth-order valence-electron chi connectivity index (χ4n) is 1.77. The Morgan fingerprint density at radius 1 is 1.14 bits per heavy atom. The molecule has 21 heavy (non-hydrogen) atoms. The summed E-state index contributed by atoms with van der Waals surface area (Å²) in [4.78, 5) is 0. The van der Waals surface area contributed by atoms with Gasteiger partial charge in [0.1, 0.15) is 12.4 Å². The van der Waals surface area contributed by atoms with E-state index in [4.69, 9.17) is 15.7 Å². The number of anilines is 1. The van der Waals surface area contributed by atoms with Gasteiger partial charge in [0.15, 0.2) is 0 Å². The summed E-state index contributed by atoms with van der Waals surface area (Å²) in [5.74, 6) is 0.149. The van der Waals surface area contributed by atoms with Gasteiger partial charge in [0.25, 0.3) is 0 Å². The summed E-state index contributed by atoms with van der Waals surface area (Å²) >= 11 is 0. The molecule has 2 aromatic rings. The zero-order valence-corrected chi connectivity index (χ0v) is 10.8. The summed E-state index contributed by atoms with van der Waals surface area (Å²) in [6.07, 6.45) is -4.44. The largest absolute Gasteiger partial charge is 0.487 e. The molecule has 0 aliphatic carbocycles. The predicted molar refractivity (Wildman–Crippen MR) is 71.3 cm³/mol. The molecule has 3 nitrogen and oxygen atoms in total. The first kappa shape index (κ1) is 14.7. The summed E-state index contributed by atoms with van der Waals surface area (Å²) < 4.78 is 42.9. The van der Waals surface area contributed by atoms with Gasteiger partial charge in [0, 0.05) is 5.56 Å². The van der Waals surface area contributed by atoms with Crippen LogP contribution < -0.4 is 10.5 Å². The smallest absolute Gasteiger partial charge is 0.416 e. The number of nitriles is 1. The van der Waals surface area contributed by atoms with Crippen molar-refractivity contribution in [2.45, 2.75) is 12.8 Å². The third-order valence-electron chi connectivity index (χ3n) is 2.86. The van der Waals surface area contributed by atoms with Gasteiger partial charge in [0.2, 0.25) is 0 Å². The maximum atomic E-state index is 12.5. The van der Waals surface area contributed by atoms with Gasteiger partial charge in [-0.1, -0.05) is 18.2 Å². The van der Waals surface area contributed by atoms with Gasteiger partial charge in [-0.2, -0.15) is 18.4 Å². The highest BCUT2D eigenvalue weighted by atomic mass is 19.4. The number of rotatable bonds is 3. The highest BCUT2D eigenvalue weighted by molar-refractivity contribution is 5.55. The second-order valence-corrected chi connectivity index (χ2v) is 4.31. The van der Waals surface area contributed by atoms with E-state index in [1.54, 1.807) is 24.3 Å². The Bertz CT molecular complexity index is 690. The number of ether oxygens (including phenoxy) is 1. The van der Waals surface area contributed by atoms with E-state index in [9.17, 15) is 13.2 Å². The first-order valence-corrected chi connectivity index (χ1v) is 5.99. The van der Waals surface area contributed by atoms with Crippen molar-refractivity contribution in [3.63, 3.8) is 0 Å². The van der Waals surface area contributed by atoms with Gasteiger partial charge in [-0.3, -0.25) is 0 Å². The van der Waals surface area contributed by atoms with Gasteiger partial charge < -0.3 is 10.5 Å². The van der Waals surface area contributed by atoms with Gasteiger partial charge in [-0.05, 0) is 24.3 Å². The fraction of sp³-hybridized carbons (Fsp3) is 0.133. The lowest BCUT2D eigenvalue weighted by atomic mass is 10.1. The zero-order valence-electron chi connectivity index (χ0n) is 10.8. The number of benzene rings is 2. The quantitative estimate of drug-likeness (QED) is 0.877. The molecule has 0 fully saturated rings. The average molecular weight is 292 g/mol. The number of alkyl halides is 3. The third kappa shape index (κ3) is 3.45. The normalized spacial score (nSPS) is 11.0. The molecule has 2 rings (SSSR count). The molecule has 0 spiro atoms. The lowest BCUT2D eigenvalue weighted by Crippen LogP contribution is -2.07. The van der Waals surface area contributed by atoms with Crippen molar-refractivity contribution in [1.82, 2.24) is 0 Å². The van der Waals surface area contributed by atoms with Crippen molar-refractivity contribution in [3.05, 3.63) is 59.2 Å². The Kier molecular flexibility index (Phi) is 4.03. The van der Waals surface area contributed by atoms with Crippen LogP contribution in [0.1, 0.15) is 16.7 Å². The molecule has 0 aromatic heterocycles. The maximum absolute atomic E-state index is 12.5. The van der Waals surface area contributed by atoms with Gasteiger partial charge >= 0.3 is 6.18 Å². The Labute approximate surface area is 119 Å². The van der Waals surface area contributed by atoms with Crippen LogP contribution in [0.3, 0.4) is 0 Å². The highest BCUT2D eigenvalue weighted by Gasteiger charge is 2.30. The van der Waals surface area contributed by atoms with Crippen LogP contribution in [0.5, 0.6) is 5.75 Å². The predicted octanol–water partition coefficient (Wildman–Crippen LogP) is 3.74. The Morgan fingerprint density at radius 2 is 1.86 bits per heavy atom. The SMILES string of the molecule is N#Cc1ccccc1COc1ccc(C(F)(F)F)cc1N. The van der Waals surface area contributed by atoms with Crippen molar-refractivity contribution < 1.29 is 17.9 Å². The van der Waals surface area contributed by atoms with E-state index in [2.05, 4.69) is 0 Å². The van der Waals surface area contributed by atoms with Crippen molar-refractivity contribution in [2.75, 3.05) is 5.73 Å². The molecular weight excluding hydrogens is 281 g/mol. The Balaban J connectivity index is 2.16. The van der Waals surface area contributed by atoms with Crippen LogP contribution in [0, 0.1) is 11.3 Å². The molecule has 0 aliphatic rings. The second kappa shape index (κ2) is 5.75. The molecule has 0 amide bonds. The monoisotopic (exact) mass is 292 g/mol. The molecule has 0 aliphatic heterocycles. The van der Waals surface area contributed by atoms with Crippen molar-refractivity contribution >= 4 is 5.69 Å². The van der Waals surface area contributed by atoms with Gasteiger partial charge in [0.05, 0.1) is 22.9 Å². The van der Waals surface area contributed by atoms with E-state index in [0.29, 0.717) is 11.1 Å². The molecular formula is C15H11F3N2O. The Morgan fingerprint density at radius 3 is 2.48 bits per heavy atom. The average Bonchev–Trinajstić information content (AvgIpc) is 2.45.